The molecule has 2 amide bonds. The van der Waals surface area contributed by atoms with Gasteiger partial charge in [-0.05, 0) is 105 Å². The van der Waals surface area contributed by atoms with Gasteiger partial charge in [0.15, 0.2) is 5.82 Å². The molecule has 2 saturated heterocycles. The Morgan fingerprint density at radius 3 is 2.50 bits per heavy atom. The molecule has 15 heteroatoms. The Kier molecular flexibility index (Phi) is 11.8. The molecule has 0 radical (unpaired) electrons. The first-order valence-electron chi connectivity index (χ1n) is 19.7. The van der Waals surface area contributed by atoms with Gasteiger partial charge in [0, 0.05) is 40.9 Å². The number of aromatic nitrogens is 6. The summed E-state index contributed by atoms with van der Waals surface area (Å²) < 4.78 is 3.63. The van der Waals surface area contributed by atoms with Crippen LogP contribution in [0.5, 0.6) is 0 Å². The smallest absolute Gasteiger partial charge is 0.333 e. The zero-order valence-corrected chi connectivity index (χ0v) is 33.7. The summed E-state index contributed by atoms with van der Waals surface area (Å²) in [7, 11) is 2.18. The summed E-state index contributed by atoms with van der Waals surface area (Å²) in [6.45, 7) is 1.99. The highest BCUT2D eigenvalue weighted by Crippen LogP contribution is 2.32. The highest BCUT2D eigenvalue weighted by molar-refractivity contribution is 6.42. The average Bonchev–Trinajstić information content (AvgIpc) is 3.98. The number of likely N-dealkylation sites (tertiary alicyclic amines) is 1. The predicted molar refractivity (Wildman–Crippen MR) is 232 cm³/mol. The number of benzene rings is 4. The highest BCUT2D eigenvalue weighted by Gasteiger charge is 2.32. The predicted octanol–water partition coefficient (Wildman–Crippen LogP) is 8.05. The maximum Gasteiger partial charge on any atom is 0.333 e. The summed E-state index contributed by atoms with van der Waals surface area (Å²) in [5.41, 5.74) is 11.2. The van der Waals surface area contributed by atoms with E-state index in [2.05, 4.69) is 72.6 Å². The van der Waals surface area contributed by atoms with Crippen LogP contribution in [0, 0.1) is 0 Å². The van der Waals surface area contributed by atoms with Crippen LogP contribution in [0.3, 0.4) is 0 Å². The van der Waals surface area contributed by atoms with Crippen molar-refractivity contribution in [2.24, 2.45) is 0 Å². The number of rotatable bonds is 8. The number of fused-ring (bicyclic) bond motifs is 2. The molecule has 58 heavy (non-hydrogen) atoms. The summed E-state index contributed by atoms with van der Waals surface area (Å²) >= 11 is 12.3. The molecule has 4 atom stereocenters. The quantitative estimate of drug-likeness (QED) is 0.0903. The molecule has 2 aliphatic heterocycles. The fourth-order valence-electron chi connectivity index (χ4n) is 8.30. The van der Waals surface area contributed by atoms with Crippen LogP contribution in [0.4, 0.5) is 16.3 Å². The number of hydrogen-bond acceptors (Lipinski definition) is 7. The number of likely N-dealkylation sites (N-methyl/N-ethyl adjacent to an activating group) is 1. The number of carbonyl (C=O) groups excluding carboxylic acids is 1. The van der Waals surface area contributed by atoms with Gasteiger partial charge >= 0.3 is 11.7 Å². The molecule has 3 aromatic heterocycles. The Morgan fingerprint density at radius 2 is 1.71 bits per heavy atom. The van der Waals surface area contributed by atoms with Crippen LogP contribution < -0.4 is 27.4 Å². The number of halogens is 2. The van der Waals surface area contributed by atoms with Gasteiger partial charge in [0.25, 0.3) is 0 Å². The van der Waals surface area contributed by atoms with Gasteiger partial charge in [0.1, 0.15) is 0 Å². The maximum absolute atomic E-state index is 13.5. The van der Waals surface area contributed by atoms with Crippen molar-refractivity contribution in [1.29, 1.82) is 0 Å². The highest BCUT2D eigenvalue weighted by atomic mass is 35.5. The number of aromatic amines is 2. The van der Waals surface area contributed by atoms with Crippen molar-refractivity contribution in [2.75, 3.05) is 31.2 Å². The van der Waals surface area contributed by atoms with Crippen LogP contribution >= 0.6 is 23.2 Å². The number of anilines is 2. The Morgan fingerprint density at radius 1 is 0.879 bits per heavy atom. The summed E-state index contributed by atoms with van der Waals surface area (Å²) in [5.74, 6) is 0.393. The lowest BCUT2D eigenvalue weighted by molar-refractivity contribution is 0.145. The molecule has 2 unspecified atom stereocenters. The third-order valence-corrected chi connectivity index (χ3v) is 12.1. The maximum atomic E-state index is 13.5. The summed E-state index contributed by atoms with van der Waals surface area (Å²) in [6.07, 6.45) is 12.3. The molecular formula is C43H47Cl2N11O2. The second kappa shape index (κ2) is 17.5. The number of piperidine rings is 2. The Balaban J connectivity index is 0.000000162. The van der Waals surface area contributed by atoms with E-state index >= 15 is 0 Å². The van der Waals surface area contributed by atoms with Gasteiger partial charge in [-0.1, -0.05) is 72.4 Å². The average molecular weight is 821 g/mol. The minimum atomic E-state index is -0.310. The molecule has 7 N–H and O–H groups in total. The number of hydrogen-bond donors (Lipinski definition) is 6. The number of carbonyl (C=O) groups is 1. The van der Waals surface area contributed by atoms with Crippen molar-refractivity contribution < 1.29 is 4.79 Å². The third kappa shape index (κ3) is 8.48. The lowest BCUT2D eigenvalue weighted by Gasteiger charge is -2.38. The molecule has 0 saturated carbocycles. The van der Waals surface area contributed by atoms with Crippen LogP contribution in [-0.2, 0) is 0 Å². The van der Waals surface area contributed by atoms with E-state index in [9.17, 15) is 9.59 Å². The van der Waals surface area contributed by atoms with Crippen molar-refractivity contribution in [3.63, 3.8) is 0 Å². The van der Waals surface area contributed by atoms with Gasteiger partial charge in [-0.3, -0.25) is 19.3 Å². The Hall–Kier alpha value is -5.60. The minimum absolute atomic E-state index is 0.00657. The molecule has 300 valence electrons. The minimum Gasteiger partial charge on any atom is -0.382 e. The van der Waals surface area contributed by atoms with E-state index in [0.29, 0.717) is 27.6 Å². The van der Waals surface area contributed by atoms with Crippen LogP contribution in [0.2, 0.25) is 10.0 Å². The molecule has 2 fully saturated rings. The van der Waals surface area contributed by atoms with Crippen molar-refractivity contribution >= 4 is 62.5 Å². The van der Waals surface area contributed by atoms with Gasteiger partial charge in [0.05, 0.1) is 45.0 Å². The van der Waals surface area contributed by atoms with E-state index in [4.69, 9.17) is 28.9 Å². The van der Waals surface area contributed by atoms with Crippen LogP contribution in [-0.4, -0.2) is 72.7 Å². The lowest BCUT2D eigenvalue weighted by Crippen LogP contribution is -2.47. The number of H-pyrrole nitrogens is 2. The fourth-order valence-corrected chi connectivity index (χ4v) is 8.61. The number of nitrogens with two attached hydrogens (primary N) is 1. The zero-order chi connectivity index (χ0) is 40.2. The second-order valence-electron chi connectivity index (χ2n) is 15.1. The summed E-state index contributed by atoms with van der Waals surface area (Å²) in [5, 5.41) is 26.0. The largest absolute Gasteiger partial charge is 0.382 e. The van der Waals surface area contributed by atoms with Gasteiger partial charge in [-0.2, -0.15) is 10.2 Å². The van der Waals surface area contributed by atoms with Crippen LogP contribution in [0.25, 0.3) is 27.5 Å². The summed E-state index contributed by atoms with van der Waals surface area (Å²) in [4.78, 5) is 28.7. The van der Waals surface area contributed by atoms with Gasteiger partial charge < -0.3 is 26.6 Å². The number of nitrogens with zero attached hydrogens (tertiary/aromatic N) is 5. The standard InChI is InChI=1S/C23H25N5O.C20H22Cl2N6O/c1-26-12-6-5-9-21(26)22(17-7-3-2-4-8-17)28-14-13-27(23(28)29)19-10-11-20-18(15-19)16-24-25-20;21-14-6-4-11(9-15(14)22)18(17-3-1-2-8-24-17)26-20(29)25-12-5-7-16-13(10-12)19(23)28-27-16/h2-4,7-8,10-11,13-16,21-22H,5-6,9,12H2,1H3,(H,24,25);4-7,9-10,17-18,24H,1-3,8H2,(H3,23,27,28)(H2,25,26,29)/t;17-,18-/m.0/s1. The first-order valence-corrected chi connectivity index (χ1v) is 20.5. The molecule has 0 bridgehead atoms. The molecule has 13 nitrogen and oxygen atoms in total. The first-order chi connectivity index (χ1) is 28.2. The van der Waals surface area contributed by atoms with E-state index < -0.39 is 0 Å². The van der Waals surface area contributed by atoms with Crippen molar-refractivity contribution in [1.82, 2.24) is 45.1 Å². The SMILES string of the molecule is CN1CCCCC1C(c1ccccc1)n1ccn(-c2ccc3[nH]ncc3c2)c1=O.Nc1n[nH]c2ccc(NC(=O)N[C@@H](c3ccc(Cl)c(Cl)c3)[C@@H]3CCCCN3)cc12. The molecule has 0 aliphatic carbocycles. The monoisotopic (exact) mass is 819 g/mol. The molecule has 2 aliphatic rings. The molecular weight excluding hydrogens is 773 g/mol. The normalized spacial score (nSPS) is 18.3. The number of nitrogen functional groups attached to an aromatic ring is 1. The van der Waals surface area contributed by atoms with Gasteiger partial charge in [-0.15, -0.1) is 0 Å². The second-order valence-corrected chi connectivity index (χ2v) is 15.9. The molecule has 4 aromatic carbocycles. The Bertz CT molecular complexity index is 2560. The van der Waals surface area contributed by atoms with E-state index in [0.717, 1.165) is 71.8 Å². The third-order valence-electron chi connectivity index (χ3n) is 11.3. The number of amides is 2. The Labute approximate surface area is 345 Å². The van der Waals surface area contributed by atoms with Crippen molar-refractivity contribution in [2.45, 2.75) is 62.7 Å². The molecule has 5 heterocycles. The van der Waals surface area contributed by atoms with E-state index in [1.165, 1.54) is 18.4 Å². The number of nitrogens with one attached hydrogen (secondary N) is 5. The lowest BCUT2D eigenvalue weighted by atomic mass is 9.91. The van der Waals surface area contributed by atoms with Gasteiger partial charge in [-0.25, -0.2) is 9.59 Å². The number of imidazole rings is 1. The van der Waals surface area contributed by atoms with Crippen molar-refractivity contribution in [3.8, 4) is 5.69 Å². The zero-order valence-electron chi connectivity index (χ0n) is 32.2. The van der Waals surface area contributed by atoms with Crippen LogP contribution in [0.15, 0.2) is 108 Å². The number of urea groups is 1. The topological polar surface area (TPSA) is 167 Å². The van der Waals surface area contributed by atoms with E-state index in [1.54, 1.807) is 29.0 Å². The van der Waals surface area contributed by atoms with Gasteiger partial charge in [0.2, 0.25) is 0 Å². The molecule has 7 aromatic rings. The van der Waals surface area contributed by atoms with E-state index in [1.807, 2.05) is 59.4 Å². The molecule has 9 rings (SSSR count). The van der Waals surface area contributed by atoms with E-state index in [-0.39, 0.29) is 29.8 Å². The van der Waals surface area contributed by atoms with Crippen LogP contribution in [0.1, 0.15) is 61.7 Å². The van der Waals surface area contributed by atoms with Crippen molar-refractivity contribution in [3.05, 3.63) is 135 Å². The fraction of sp³-hybridized carbons (Fsp3) is 0.302. The summed E-state index contributed by atoms with van der Waals surface area (Å²) in [6, 6.07) is 27.0. The molecule has 0 spiro atoms. The first kappa shape index (κ1) is 39.2.